The smallest absolute Gasteiger partial charge is 0.223 e. The molecule has 1 aliphatic heterocycles. The number of carbonyl (C=O) groups is 1. The summed E-state index contributed by atoms with van der Waals surface area (Å²) in [6, 6.07) is 10.6. The van der Waals surface area contributed by atoms with E-state index in [9.17, 15) is 4.79 Å². The highest BCUT2D eigenvalue weighted by Gasteiger charge is 2.25. The molecule has 1 atom stereocenters. The van der Waals surface area contributed by atoms with Crippen LogP contribution in [0.1, 0.15) is 29.3 Å². The largest absolute Gasteiger partial charge is 0.481 e. The molecule has 0 fully saturated rings. The lowest BCUT2D eigenvalue weighted by atomic mass is 10.0. The van der Waals surface area contributed by atoms with Crippen LogP contribution < -0.4 is 20.5 Å². The van der Waals surface area contributed by atoms with Crippen molar-refractivity contribution in [3.8, 4) is 11.6 Å². The number of nitrogens with zero attached hydrogens (tertiary/aromatic N) is 2. The number of benzene rings is 1. The van der Waals surface area contributed by atoms with E-state index < -0.39 is 6.29 Å². The van der Waals surface area contributed by atoms with Crippen LogP contribution in [-0.2, 0) is 0 Å². The van der Waals surface area contributed by atoms with Crippen LogP contribution >= 0.6 is 0 Å². The number of aromatic nitrogens is 1. The second-order valence-corrected chi connectivity index (χ2v) is 5.58. The average molecular weight is 352 g/mol. The van der Waals surface area contributed by atoms with Gasteiger partial charge >= 0.3 is 0 Å². The van der Waals surface area contributed by atoms with Gasteiger partial charge in [0.15, 0.2) is 6.29 Å². The van der Waals surface area contributed by atoms with E-state index in [2.05, 4.69) is 15.3 Å². The minimum absolute atomic E-state index is 0.405. The quantitative estimate of drug-likeness (QED) is 0.802. The molecule has 0 bridgehead atoms. The van der Waals surface area contributed by atoms with E-state index in [1.54, 1.807) is 37.6 Å². The highest BCUT2D eigenvalue weighted by Crippen LogP contribution is 2.29. The Labute approximate surface area is 151 Å². The Kier molecular flexibility index (Phi) is 5.28. The summed E-state index contributed by atoms with van der Waals surface area (Å²) in [7, 11) is 1.57. The number of methoxy groups -OCH3 is 1. The van der Waals surface area contributed by atoms with Crippen LogP contribution in [0.3, 0.4) is 0 Å². The van der Waals surface area contributed by atoms with Crippen LogP contribution in [0.4, 0.5) is 0 Å². The number of hydrogen-bond donors (Lipinski definition) is 2. The van der Waals surface area contributed by atoms with Crippen molar-refractivity contribution in [1.82, 2.24) is 10.3 Å². The zero-order valence-electron chi connectivity index (χ0n) is 14.6. The summed E-state index contributed by atoms with van der Waals surface area (Å²) >= 11 is 0. The van der Waals surface area contributed by atoms with Crippen LogP contribution in [0.5, 0.6) is 11.6 Å². The van der Waals surface area contributed by atoms with Crippen molar-refractivity contribution < 1.29 is 14.3 Å². The maximum Gasteiger partial charge on any atom is 0.223 e. The van der Waals surface area contributed by atoms with E-state index in [-0.39, 0.29) is 0 Å². The number of carbonyl (C=O) groups excluding carboxylic acids is 1. The lowest BCUT2D eigenvalue weighted by Gasteiger charge is -2.26. The number of nitrogens with one attached hydrogen (secondary N) is 1. The van der Waals surface area contributed by atoms with Crippen molar-refractivity contribution in [1.29, 1.82) is 0 Å². The topological polar surface area (TPSA) is 98.8 Å². The summed E-state index contributed by atoms with van der Waals surface area (Å²) in [6.45, 7) is 2.00. The van der Waals surface area contributed by atoms with Gasteiger partial charge in [0.1, 0.15) is 12.0 Å². The Morgan fingerprint density at radius 3 is 2.88 bits per heavy atom. The summed E-state index contributed by atoms with van der Waals surface area (Å²) in [5.41, 5.74) is 8.95. The molecule has 0 amide bonds. The minimum atomic E-state index is -0.672. The zero-order valence-corrected chi connectivity index (χ0v) is 14.6. The summed E-state index contributed by atoms with van der Waals surface area (Å²) in [6.07, 6.45) is 2.41. The fourth-order valence-electron chi connectivity index (χ4n) is 2.74. The first-order valence-electron chi connectivity index (χ1n) is 8.22. The van der Waals surface area contributed by atoms with Crippen LogP contribution in [0.2, 0.25) is 0 Å². The van der Waals surface area contributed by atoms with Gasteiger partial charge in [-0.1, -0.05) is 19.1 Å². The molecule has 0 spiro atoms. The maximum absolute atomic E-state index is 11.0. The van der Waals surface area contributed by atoms with Gasteiger partial charge in [-0.3, -0.25) is 10.5 Å². The van der Waals surface area contributed by atoms with Gasteiger partial charge in [-0.15, -0.1) is 0 Å². The third-order valence-corrected chi connectivity index (χ3v) is 3.90. The molecule has 7 nitrogen and oxygen atoms in total. The molecule has 134 valence electrons. The van der Waals surface area contributed by atoms with Gasteiger partial charge < -0.3 is 14.8 Å². The van der Waals surface area contributed by atoms with E-state index >= 15 is 0 Å². The van der Waals surface area contributed by atoms with Crippen LogP contribution in [0.25, 0.3) is 5.70 Å². The van der Waals surface area contributed by atoms with Gasteiger partial charge in [-0.25, -0.2) is 9.98 Å². The van der Waals surface area contributed by atoms with Crippen LogP contribution in [0, 0.1) is 0 Å². The van der Waals surface area contributed by atoms with E-state index in [1.165, 1.54) is 0 Å². The predicted molar refractivity (Wildman–Crippen MR) is 99.0 cm³/mol. The molecule has 2 aromatic rings. The number of hydrogen-bond acceptors (Lipinski definition) is 7. The normalized spacial score (nSPS) is 16.6. The monoisotopic (exact) mass is 352 g/mol. The fraction of sp³-hybridized carbons (Fsp3) is 0.211. The van der Waals surface area contributed by atoms with Crippen molar-refractivity contribution in [3.63, 3.8) is 0 Å². The predicted octanol–water partition coefficient (Wildman–Crippen LogP) is 2.35. The molecular formula is C19H20N4O3. The van der Waals surface area contributed by atoms with Gasteiger partial charge in [0.25, 0.3) is 0 Å². The maximum atomic E-state index is 11.0. The number of nitrogens with two attached hydrogens (primary N) is 1. The number of aliphatic imine (C=N–C) groups is 1. The third-order valence-electron chi connectivity index (χ3n) is 3.90. The van der Waals surface area contributed by atoms with Crippen molar-refractivity contribution in [3.05, 3.63) is 59.3 Å². The van der Waals surface area contributed by atoms with Crippen molar-refractivity contribution in [2.45, 2.75) is 19.6 Å². The summed E-state index contributed by atoms with van der Waals surface area (Å²) in [4.78, 5) is 19.6. The number of pyridine rings is 1. The van der Waals surface area contributed by atoms with Crippen molar-refractivity contribution in [2.75, 3.05) is 7.11 Å². The summed E-state index contributed by atoms with van der Waals surface area (Å²) in [5.74, 6) is 1.41. The Bertz CT molecular complexity index is 877. The van der Waals surface area contributed by atoms with Gasteiger partial charge in [0.2, 0.25) is 11.8 Å². The molecule has 3 rings (SSSR count). The minimum Gasteiger partial charge on any atom is -0.481 e. The Balaban J connectivity index is 2.03. The average Bonchev–Trinajstić information content (AvgIpc) is 2.67. The highest BCUT2D eigenvalue weighted by molar-refractivity contribution is 6.03. The van der Waals surface area contributed by atoms with E-state index in [0.29, 0.717) is 29.5 Å². The summed E-state index contributed by atoms with van der Waals surface area (Å²) < 4.78 is 11.3. The fourth-order valence-corrected chi connectivity index (χ4v) is 2.74. The lowest BCUT2D eigenvalue weighted by Crippen LogP contribution is -2.41. The van der Waals surface area contributed by atoms with Gasteiger partial charge in [-0.05, 0) is 30.7 Å². The molecule has 2 heterocycles. The zero-order chi connectivity index (χ0) is 18.5. The van der Waals surface area contributed by atoms with Gasteiger partial charge in [0, 0.05) is 17.3 Å². The van der Waals surface area contributed by atoms with E-state index in [0.717, 1.165) is 23.1 Å². The van der Waals surface area contributed by atoms with Gasteiger partial charge in [-0.2, -0.15) is 0 Å². The molecule has 3 N–H and O–H groups in total. The molecule has 7 heteroatoms. The first-order valence-corrected chi connectivity index (χ1v) is 8.22. The van der Waals surface area contributed by atoms with E-state index in [4.69, 9.17) is 15.2 Å². The molecule has 26 heavy (non-hydrogen) atoms. The summed E-state index contributed by atoms with van der Waals surface area (Å²) in [5, 5.41) is 3.16. The molecule has 0 saturated heterocycles. The van der Waals surface area contributed by atoms with Gasteiger partial charge in [0.05, 0.1) is 18.4 Å². The molecule has 1 unspecified atom stereocenters. The number of aldehydes is 1. The molecule has 0 saturated carbocycles. The molecule has 1 aromatic heterocycles. The molecule has 1 aromatic carbocycles. The van der Waals surface area contributed by atoms with Crippen molar-refractivity contribution in [2.24, 2.45) is 10.7 Å². The Morgan fingerprint density at radius 1 is 1.31 bits per heavy atom. The third kappa shape index (κ3) is 3.57. The second kappa shape index (κ2) is 7.79. The Morgan fingerprint density at radius 2 is 2.15 bits per heavy atom. The number of ether oxygens (including phenoxy) is 2. The second-order valence-electron chi connectivity index (χ2n) is 5.58. The molecular weight excluding hydrogens is 332 g/mol. The first kappa shape index (κ1) is 17.6. The molecule has 0 aliphatic carbocycles. The molecule has 0 radical (unpaired) electrons. The highest BCUT2D eigenvalue weighted by atomic mass is 16.5. The molecule has 1 aliphatic rings. The first-order chi connectivity index (χ1) is 12.7. The van der Waals surface area contributed by atoms with Crippen LogP contribution in [0.15, 0.2) is 53.2 Å². The standard InChI is InChI=1S/C19H20N4O3/c1-3-14-16(15-8-5-9-21-17(15)25-2)22-19(20)23-18(14)26-13-7-4-6-12(10-13)11-24/h4-11,19,22H,3,20H2,1-2H3. The Hall–Kier alpha value is -3.19. The number of rotatable bonds is 5. The van der Waals surface area contributed by atoms with Crippen molar-refractivity contribution >= 4 is 17.9 Å². The van der Waals surface area contributed by atoms with E-state index in [1.807, 2.05) is 19.1 Å². The lowest BCUT2D eigenvalue weighted by molar-refractivity contribution is 0.112. The SMILES string of the molecule is CCC1=C(c2cccnc2OC)NC(N)N=C1Oc1cccc(C=O)c1. The van der Waals surface area contributed by atoms with Crippen LogP contribution in [-0.4, -0.2) is 30.6 Å².